The SMILES string of the molecule is [2H]c1c([2H])c([2H])[n+](CCCCCCCC)c([2H])c1[2H]. The van der Waals surface area contributed by atoms with E-state index in [1.165, 1.54) is 23.8 Å². The molecule has 78 valence electrons. The highest BCUT2D eigenvalue weighted by Gasteiger charge is 1.96. The second-order valence-corrected chi connectivity index (χ2v) is 3.52. The standard InChI is InChI=1S/C13H22N/c1-2-3-4-5-6-8-11-14-12-9-7-10-13-14/h7,9-10,12-13H,2-6,8,11H2,1H3/q+1/i7D,9D,10D,12D,13D. The Hall–Kier alpha value is -0.850. The summed E-state index contributed by atoms with van der Waals surface area (Å²) in [5, 5.41) is 0. The predicted octanol–water partition coefficient (Wildman–Crippen LogP) is 3.33. The normalized spacial score (nSPS) is 15.4. The third kappa shape index (κ3) is 5.00. The van der Waals surface area contributed by atoms with Gasteiger partial charge in [0.1, 0.15) is 9.29 Å². The van der Waals surface area contributed by atoms with Gasteiger partial charge in [0.25, 0.3) is 0 Å². The van der Waals surface area contributed by atoms with E-state index in [1.54, 1.807) is 0 Å². The zero-order chi connectivity index (χ0) is 14.4. The summed E-state index contributed by atoms with van der Waals surface area (Å²) in [4.78, 5) is 0. The average molecular weight is 197 g/mol. The Morgan fingerprint density at radius 3 is 2.29 bits per heavy atom. The molecule has 14 heavy (non-hydrogen) atoms. The van der Waals surface area contributed by atoms with E-state index in [0.717, 1.165) is 19.3 Å². The van der Waals surface area contributed by atoms with Crippen molar-refractivity contribution in [1.82, 2.24) is 0 Å². The highest BCUT2D eigenvalue weighted by Crippen LogP contribution is 2.04. The van der Waals surface area contributed by atoms with Crippen LogP contribution in [0, 0.1) is 0 Å². The first kappa shape index (κ1) is 5.89. The molecule has 0 aliphatic rings. The molecular weight excluding hydrogens is 170 g/mol. The molecular formula is C13H22N+. The molecule has 1 heteroatoms. The number of nitrogens with zero attached hydrogens (tertiary/aromatic N) is 1. The Bertz CT molecular complexity index is 405. The number of pyridine rings is 1. The molecule has 0 bridgehead atoms. The van der Waals surface area contributed by atoms with E-state index in [-0.39, 0.29) is 30.5 Å². The molecule has 0 aliphatic heterocycles. The van der Waals surface area contributed by atoms with Crippen molar-refractivity contribution in [3.8, 4) is 0 Å². The molecule has 0 aromatic carbocycles. The Kier molecular flexibility index (Phi) is 3.18. The fourth-order valence-electron chi connectivity index (χ4n) is 1.41. The van der Waals surface area contributed by atoms with E-state index in [1.807, 2.05) is 0 Å². The maximum atomic E-state index is 7.77. The molecule has 1 aromatic rings. The molecule has 0 fully saturated rings. The van der Waals surface area contributed by atoms with Gasteiger partial charge in [-0.3, -0.25) is 0 Å². The third-order valence-electron chi connectivity index (χ3n) is 2.24. The van der Waals surface area contributed by atoms with Crippen molar-refractivity contribution < 1.29 is 11.4 Å². The van der Waals surface area contributed by atoms with E-state index in [9.17, 15) is 0 Å². The van der Waals surface area contributed by atoms with Gasteiger partial charge in [-0.25, -0.2) is 4.57 Å². The Labute approximate surface area is 94.8 Å². The molecule has 0 aliphatic carbocycles. The summed E-state index contributed by atoms with van der Waals surface area (Å²) >= 11 is 0. The van der Waals surface area contributed by atoms with E-state index in [2.05, 4.69) is 6.92 Å². The Balaban J connectivity index is 2.64. The van der Waals surface area contributed by atoms with Crippen LogP contribution in [0.15, 0.2) is 30.5 Å². The van der Waals surface area contributed by atoms with Crippen LogP contribution in [0.25, 0.3) is 0 Å². The summed E-state index contributed by atoms with van der Waals surface area (Å²) in [7, 11) is 0. The lowest BCUT2D eigenvalue weighted by molar-refractivity contribution is -0.697. The quantitative estimate of drug-likeness (QED) is 0.466. The summed E-state index contributed by atoms with van der Waals surface area (Å²) in [6.07, 6.45) is 6.44. The highest BCUT2D eigenvalue weighted by molar-refractivity contribution is 4.83. The maximum Gasteiger partial charge on any atom is 0.168 e. The molecule has 1 aromatic heterocycles. The minimum Gasteiger partial charge on any atom is -0.205 e. The number of rotatable bonds is 7. The first-order valence-corrected chi connectivity index (χ1v) is 5.47. The fourth-order valence-corrected chi connectivity index (χ4v) is 1.41. The van der Waals surface area contributed by atoms with Crippen LogP contribution >= 0.6 is 0 Å². The van der Waals surface area contributed by atoms with Gasteiger partial charge in [0, 0.05) is 18.5 Å². The smallest absolute Gasteiger partial charge is 0.168 e. The maximum absolute atomic E-state index is 7.77. The highest BCUT2D eigenvalue weighted by atomic mass is 14.9. The van der Waals surface area contributed by atoms with Crippen LogP contribution in [0.1, 0.15) is 52.3 Å². The Morgan fingerprint density at radius 1 is 0.929 bits per heavy atom. The molecule has 0 spiro atoms. The second-order valence-electron chi connectivity index (χ2n) is 3.52. The first-order chi connectivity index (χ1) is 9.00. The van der Waals surface area contributed by atoms with Gasteiger partial charge >= 0.3 is 0 Å². The van der Waals surface area contributed by atoms with E-state index in [4.69, 9.17) is 6.85 Å². The lowest BCUT2D eigenvalue weighted by Crippen LogP contribution is -2.32. The minimum absolute atomic E-state index is 0.125. The van der Waals surface area contributed by atoms with Crippen LogP contribution in [0.3, 0.4) is 0 Å². The molecule has 1 nitrogen and oxygen atoms in total. The number of unbranched alkanes of at least 4 members (excludes halogenated alkanes) is 5. The third-order valence-corrected chi connectivity index (χ3v) is 2.24. The van der Waals surface area contributed by atoms with Gasteiger partial charge in [0.15, 0.2) is 12.3 Å². The van der Waals surface area contributed by atoms with Crippen LogP contribution in [0.5, 0.6) is 0 Å². The monoisotopic (exact) mass is 197 g/mol. The Morgan fingerprint density at radius 2 is 1.57 bits per heavy atom. The molecule has 0 atom stereocenters. The van der Waals surface area contributed by atoms with Crippen molar-refractivity contribution in [2.24, 2.45) is 0 Å². The minimum atomic E-state index is -0.325. The first-order valence-electron chi connectivity index (χ1n) is 7.97. The van der Waals surface area contributed by atoms with Crippen molar-refractivity contribution in [3.63, 3.8) is 0 Å². The van der Waals surface area contributed by atoms with Gasteiger partial charge in [-0.2, -0.15) is 0 Å². The fraction of sp³-hybridized carbons (Fsp3) is 0.615. The van der Waals surface area contributed by atoms with Gasteiger partial charge < -0.3 is 0 Å². The summed E-state index contributed by atoms with van der Waals surface area (Å²) in [6, 6.07) is -0.840. The number of hydrogen-bond donors (Lipinski definition) is 0. The van der Waals surface area contributed by atoms with E-state index in [0.29, 0.717) is 6.54 Å². The zero-order valence-corrected chi connectivity index (χ0v) is 8.90. The van der Waals surface area contributed by atoms with Gasteiger partial charge in [0.05, 0.1) is 4.11 Å². The molecule has 0 unspecified atom stereocenters. The summed E-state index contributed by atoms with van der Waals surface area (Å²) in [6.45, 7) is 2.66. The van der Waals surface area contributed by atoms with Crippen molar-refractivity contribution in [1.29, 1.82) is 0 Å². The van der Waals surface area contributed by atoms with Crippen LogP contribution < -0.4 is 4.57 Å². The van der Waals surface area contributed by atoms with Crippen LogP contribution in [0.4, 0.5) is 0 Å². The number of aromatic nitrogens is 1. The van der Waals surface area contributed by atoms with Crippen LogP contribution in [0.2, 0.25) is 0 Å². The summed E-state index contributed by atoms with van der Waals surface area (Å²) < 4.78 is 39.6. The van der Waals surface area contributed by atoms with Crippen LogP contribution in [-0.2, 0) is 6.54 Å². The summed E-state index contributed by atoms with van der Waals surface area (Å²) in [5.41, 5.74) is 0. The van der Waals surface area contributed by atoms with Gasteiger partial charge in [-0.05, 0) is 6.42 Å². The van der Waals surface area contributed by atoms with E-state index >= 15 is 0 Å². The van der Waals surface area contributed by atoms with E-state index < -0.39 is 0 Å². The van der Waals surface area contributed by atoms with Crippen molar-refractivity contribution >= 4 is 0 Å². The largest absolute Gasteiger partial charge is 0.205 e. The lowest BCUT2D eigenvalue weighted by atomic mass is 10.1. The molecule has 0 N–H and O–H groups in total. The molecule has 1 rings (SSSR count). The van der Waals surface area contributed by atoms with Crippen LogP contribution in [-0.4, -0.2) is 0 Å². The molecule has 1 heterocycles. The molecule has 0 saturated carbocycles. The van der Waals surface area contributed by atoms with Crippen molar-refractivity contribution in [3.05, 3.63) is 30.5 Å². The predicted molar refractivity (Wildman–Crippen MR) is 60.0 cm³/mol. The molecule has 0 amide bonds. The topological polar surface area (TPSA) is 3.88 Å². The van der Waals surface area contributed by atoms with Crippen molar-refractivity contribution in [2.75, 3.05) is 0 Å². The lowest BCUT2D eigenvalue weighted by Gasteiger charge is -1.98. The molecule has 0 radical (unpaired) electrons. The van der Waals surface area contributed by atoms with Crippen molar-refractivity contribution in [2.45, 2.75) is 52.0 Å². The zero-order valence-electron chi connectivity index (χ0n) is 13.9. The van der Waals surface area contributed by atoms with Gasteiger partial charge in [-0.15, -0.1) is 0 Å². The number of hydrogen-bond acceptors (Lipinski definition) is 0. The summed E-state index contributed by atoms with van der Waals surface area (Å²) in [5.74, 6) is 0. The van der Waals surface area contributed by atoms with Gasteiger partial charge in [0.2, 0.25) is 0 Å². The van der Waals surface area contributed by atoms with Gasteiger partial charge in [-0.1, -0.05) is 38.6 Å². The second kappa shape index (κ2) is 7.54. The molecule has 0 saturated heterocycles. The average Bonchev–Trinajstić information content (AvgIpc) is 2.41.